The normalized spacial score (nSPS) is 10.7. The summed E-state index contributed by atoms with van der Waals surface area (Å²) in [5, 5.41) is 4.86. The SMILES string of the molecule is CCOC(=O)c1c(-c2ccc(Br)cc2)c(-c2ccccc2)nn1-c1ccccc1. The molecule has 0 saturated heterocycles. The first-order chi connectivity index (χ1) is 14.2. The van der Waals surface area contributed by atoms with E-state index < -0.39 is 5.97 Å². The highest BCUT2D eigenvalue weighted by atomic mass is 79.9. The van der Waals surface area contributed by atoms with Gasteiger partial charge in [-0.05, 0) is 36.8 Å². The number of hydrogen-bond donors (Lipinski definition) is 0. The second-order valence-electron chi connectivity index (χ2n) is 6.41. The van der Waals surface area contributed by atoms with Crippen LogP contribution in [0.25, 0.3) is 28.1 Å². The standard InChI is InChI=1S/C24H19BrN2O2/c1-2-29-24(28)23-21(17-13-15-19(25)16-14-17)22(18-9-5-3-6-10-18)26-27(23)20-11-7-4-8-12-20/h3-16H,2H2,1H3. The van der Waals surface area contributed by atoms with Crippen molar-refractivity contribution in [3.05, 3.63) is 95.1 Å². The van der Waals surface area contributed by atoms with Crippen molar-refractivity contribution in [2.24, 2.45) is 0 Å². The van der Waals surface area contributed by atoms with Gasteiger partial charge in [0.1, 0.15) is 5.69 Å². The first-order valence-electron chi connectivity index (χ1n) is 9.36. The molecule has 4 rings (SSSR count). The van der Waals surface area contributed by atoms with Crippen LogP contribution in [-0.2, 0) is 4.74 Å². The molecule has 5 heteroatoms. The van der Waals surface area contributed by atoms with Crippen LogP contribution in [0.1, 0.15) is 17.4 Å². The van der Waals surface area contributed by atoms with Gasteiger partial charge in [0.15, 0.2) is 5.69 Å². The average Bonchev–Trinajstić information content (AvgIpc) is 3.16. The Kier molecular flexibility index (Phi) is 5.58. The van der Waals surface area contributed by atoms with E-state index in [1.807, 2.05) is 84.9 Å². The molecular weight excluding hydrogens is 428 g/mol. The van der Waals surface area contributed by atoms with Gasteiger partial charge in [-0.25, -0.2) is 9.48 Å². The predicted molar refractivity (Wildman–Crippen MR) is 118 cm³/mol. The maximum absolute atomic E-state index is 13.1. The molecule has 4 aromatic rings. The van der Waals surface area contributed by atoms with Gasteiger partial charge in [-0.15, -0.1) is 0 Å². The number of carbonyl (C=O) groups excluding carboxylic acids is 1. The van der Waals surface area contributed by atoms with E-state index in [9.17, 15) is 4.79 Å². The van der Waals surface area contributed by atoms with Crippen LogP contribution in [0, 0.1) is 0 Å². The minimum Gasteiger partial charge on any atom is -0.461 e. The van der Waals surface area contributed by atoms with Gasteiger partial charge < -0.3 is 4.74 Å². The summed E-state index contributed by atoms with van der Waals surface area (Å²) in [5.74, 6) is -0.399. The highest BCUT2D eigenvalue weighted by molar-refractivity contribution is 9.10. The van der Waals surface area contributed by atoms with Crippen LogP contribution in [0.5, 0.6) is 0 Å². The topological polar surface area (TPSA) is 44.1 Å². The summed E-state index contributed by atoms with van der Waals surface area (Å²) in [6.07, 6.45) is 0. The molecule has 4 nitrogen and oxygen atoms in total. The molecule has 144 valence electrons. The number of ether oxygens (including phenoxy) is 1. The lowest BCUT2D eigenvalue weighted by molar-refractivity contribution is 0.0516. The van der Waals surface area contributed by atoms with Crippen molar-refractivity contribution in [2.75, 3.05) is 6.61 Å². The molecule has 1 heterocycles. The number of nitrogens with zero attached hydrogens (tertiary/aromatic N) is 2. The maximum atomic E-state index is 13.1. The van der Waals surface area contributed by atoms with Crippen molar-refractivity contribution >= 4 is 21.9 Å². The number of carbonyl (C=O) groups is 1. The quantitative estimate of drug-likeness (QED) is 0.345. The number of hydrogen-bond acceptors (Lipinski definition) is 3. The average molecular weight is 447 g/mol. The van der Waals surface area contributed by atoms with Crippen molar-refractivity contribution in [3.63, 3.8) is 0 Å². The smallest absolute Gasteiger partial charge is 0.357 e. The van der Waals surface area contributed by atoms with Crippen LogP contribution in [0.3, 0.4) is 0 Å². The fourth-order valence-corrected chi connectivity index (χ4v) is 3.51. The van der Waals surface area contributed by atoms with Crippen LogP contribution in [-0.4, -0.2) is 22.4 Å². The fraction of sp³-hybridized carbons (Fsp3) is 0.0833. The van der Waals surface area contributed by atoms with Gasteiger partial charge in [-0.1, -0.05) is 76.6 Å². The van der Waals surface area contributed by atoms with Gasteiger partial charge in [-0.3, -0.25) is 0 Å². The van der Waals surface area contributed by atoms with E-state index in [2.05, 4.69) is 15.9 Å². The Morgan fingerprint density at radius 2 is 1.52 bits per heavy atom. The molecule has 0 atom stereocenters. The minimum atomic E-state index is -0.399. The van der Waals surface area contributed by atoms with Crippen LogP contribution >= 0.6 is 15.9 Å². The highest BCUT2D eigenvalue weighted by Gasteiger charge is 2.27. The van der Waals surface area contributed by atoms with E-state index in [0.29, 0.717) is 12.3 Å². The Hall–Kier alpha value is -3.18. The zero-order valence-corrected chi connectivity index (χ0v) is 17.5. The van der Waals surface area contributed by atoms with Crippen LogP contribution in [0.2, 0.25) is 0 Å². The zero-order chi connectivity index (χ0) is 20.2. The van der Waals surface area contributed by atoms with Crippen LogP contribution in [0.15, 0.2) is 89.4 Å². The molecular formula is C24H19BrN2O2. The largest absolute Gasteiger partial charge is 0.461 e. The van der Waals surface area contributed by atoms with Gasteiger partial charge in [-0.2, -0.15) is 5.10 Å². The van der Waals surface area contributed by atoms with Crippen molar-refractivity contribution < 1.29 is 9.53 Å². The predicted octanol–water partition coefficient (Wildman–Crippen LogP) is 6.15. The van der Waals surface area contributed by atoms with Gasteiger partial charge in [0.2, 0.25) is 0 Å². The third-order valence-electron chi connectivity index (χ3n) is 4.54. The summed E-state index contributed by atoms with van der Waals surface area (Å²) in [6.45, 7) is 2.10. The Morgan fingerprint density at radius 3 is 2.14 bits per heavy atom. The Labute approximate surface area is 177 Å². The highest BCUT2D eigenvalue weighted by Crippen LogP contribution is 2.36. The first-order valence-corrected chi connectivity index (χ1v) is 10.1. The molecule has 0 unspecified atom stereocenters. The maximum Gasteiger partial charge on any atom is 0.357 e. The molecule has 0 aliphatic rings. The lowest BCUT2D eigenvalue weighted by atomic mass is 9.99. The third-order valence-corrected chi connectivity index (χ3v) is 5.06. The van der Waals surface area contributed by atoms with E-state index in [1.54, 1.807) is 11.6 Å². The molecule has 29 heavy (non-hydrogen) atoms. The molecule has 0 amide bonds. The Bertz CT molecular complexity index is 1120. The number of benzene rings is 3. The molecule has 0 aliphatic heterocycles. The van der Waals surface area contributed by atoms with Crippen molar-refractivity contribution in [3.8, 4) is 28.1 Å². The molecule has 3 aromatic carbocycles. The first kappa shape index (κ1) is 19.2. The number of esters is 1. The van der Waals surface area contributed by atoms with Crippen LogP contribution < -0.4 is 0 Å². The molecule has 0 N–H and O–H groups in total. The summed E-state index contributed by atoms with van der Waals surface area (Å²) >= 11 is 3.48. The second kappa shape index (κ2) is 8.45. The lowest BCUT2D eigenvalue weighted by Crippen LogP contribution is -2.13. The molecule has 0 saturated carbocycles. The van der Waals surface area contributed by atoms with E-state index in [-0.39, 0.29) is 0 Å². The summed E-state index contributed by atoms with van der Waals surface area (Å²) in [7, 11) is 0. The van der Waals surface area contributed by atoms with E-state index in [4.69, 9.17) is 9.84 Å². The van der Waals surface area contributed by atoms with Gasteiger partial charge in [0.25, 0.3) is 0 Å². The summed E-state index contributed by atoms with van der Waals surface area (Å²) in [6, 6.07) is 27.4. The van der Waals surface area contributed by atoms with E-state index >= 15 is 0 Å². The number of halogens is 1. The third kappa shape index (κ3) is 3.87. The fourth-order valence-electron chi connectivity index (χ4n) is 3.25. The lowest BCUT2D eigenvalue weighted by Gasteiger charge is -2.09. The summed E-state index contributed by atoms with van der Waals surface area (Å²) < 4.78 is 8.06. The van der Waals surface area contributed by atoms with Crippen molar-refractivity contribution in [1.82, 2.24) is 9.78 Å². The minimum absolute atomic E-state index is 0.291. The number of para-hydroxylation sites is 1. The molecule has 0 aliphatic carbocycles. The molecule has 0 fully saturated rings. The van der Waals surface area contributed by atoms with Gasteiger partial charge >= 0.3 is 5.97 Å². The van der Waals surface area contributed by atoms with Crippen LogP contribution in [0.4, 0.5) is 0 Å². The van der Waals surface area contributed by atoms with Crippen molar-refractivity contribution in [2.45, 2.75) is 6.92 Å². The molecule has 0 radical (unpaired) electrons. The number of rotatable bonds is 5. The monoisotopic (exact) mass is 446 g/mol. The van der Waals surface area contributed by atoms with Crippen molar-refractivity contribution in [1.29, 1.82) is 0 Å². The molecule has 0 bridgehead atoms. The number of aromatic nitrogens is 2. The Balaban J connectivity index is 2.05. The Morgan fingerprint density at radius 1 is 0.897 bits per heavy atom. The molecule has 0 spiro atoms. The van der Waals surface area contributed by atoms with Gasteiger partial charge in [0.05, 0.1) is 12.3 Å². The second-order valence-corrected chi connectivity index (χ2v) is 7.33. The molecule has 1 aromatic heterocycles. The summed E-state index contributed by atoms with van der Waals surface area (Å²) in [5.41, 5.74) is 4.55. The van der Waals surface area contributed by atoms with Gasteiger partial charge in [0, 0.05) is 15.6 Å². The van der Waals surface area contributed by atoms with E-state index in [1.165, 1.54) is 0 Å². The van der Waals surface area contributed by atoms with E-state index in [0.717, 1.165) is 32.5 Å². The summed E-state index contributed by atoms with van der Waals surface area (Å²) in [4.78, 5) is 13.1. The zero-order valence-electron chi connectivity index (χ0n) is 15.9.